The highest BCUT2D eigenvalue weighted by atomic mass is 19.1. The van der Waals surface area contributed by atoms with Gasteiger partial charge in [-0.3, -0.25) is 0 Å². The number of hydrogen-bond donors (Lipinski definition) is 0. The molecule has 0 aliphatic carbocycles. The van der Waals surface area contributed by atoms with Gasteiger partial charge >= 0.3 is 0 Å². The van der Waals surface area contributed by atoms with E-state index in [1.54, 1.807) is 12.1 Å². The van der Waals surface area contributed by atoms with Crippen LogP contribution >= 0.6 is 0 Å². The third kappa shape index (κ3) is 3.45. The minimum Gasteiger partial charge on any atom is -0.368 e. The first kappa shape index (κ1) is 13.8. The fourth-order valence-corrected chi connectivity index (χ4v) is 2.58. The van der Waals surface area contributed by atoms with Crippen LogP contribution in [0.3, 0.4) is 0 Å². The van der Waals surface area contributed by atoms with Gasteiger partial charge in [0.15, 0.2) is 0 Å². The summed E-state index contributed by atoms with van der Waals surface area (Å²) in [6, 6.07) is 6.70. The predicted molar refractivity (Wildman–Crippen MR) is 74.7 cm³/mol. The number of halogens is 1. The lowest BCUT2D eigenvalue weighted by atomic mass is 10.2. The van der Waals surface area contributed by atoms with Crippen LogP contribution in [0.4, 0.5) is 10.1 Å². The highest BCUT2D eigenvalue weighted by Gasteiger charge is 2.17. The molecule has 1 aliphatic rings. The van der Waals surface area contributed by atoms with E-state index in [0.717, 1.165) is 45.6 Å². The molecule has 1 aromatic carbocycles. The highest BCUT2D eigenvalue weighted by molar-refractivity contribution is 5.51. The predicted octanol–water partition coefficient (Wildman–Crippen LogP) is 2.62. The minimum atomic E-state index is -0.289. The molecule has 0 amide bonds. The Hall–Kier alpha value is -1.60. The summed E-state index contributed by atoms with van der Waals surface area (Å²) < 4.78 is 14.0. The molecule has 0 N–H and O–H groups in total. The first-order valence-electron chi connectivity index (χ1n) is 6.91. The molecule has 2 rings (SSSR count). The van der Waals surface area contributed by atoms with Crippen molar-refractivity contribution in [1.29, 1.82) is 5.26 Å². The Labute approximate surface area is 114 Å². The second-order valence-electron chi connectivity index (χ2n) is 4.96. The van der Waals surface area contributed by atoms with Crippen LogP contribution in [0, 0.1) is 17.1 Å². The van der Waals surface area contributed by atoms with Gasteiger partial charge < -0.3 is 9.80 Å². The number of benzene rings is 1. The van der Waals surface area contributed by atoms with E-state index in [9.17, 15) is 4.39 Å². The second-order valence-corrected chi connectivity index (χ2v) is 4.96. The summed E-state index contributed by atoms with van der Waals surface area (Å²) in [6.45, 7) is 7.09. The highest BCUT2D eigenvalue weighted by Crippen LogP contribution is 2.21. The molecule has 1 saturated heterocycles. The van der Waals surface area contributed by atoms with Crippen LogP contribution in [0.15, 0.2) is 18.2 Å². The molecule has 1 fully saturated rings. The molecule has 0 bridgehead atoms. The summed E-state index contributed by atoms with van der Waals surface area (Å²) in [5, 5.41) is 8.77. The van der Waals surface area contributed by atoms with Crippen molar-refractivity contribution in [2.45, 2.75) is 19.8 Å². The topological polar surface area (TPSA) is 30.3 Å². The first-order valence-corrected chi connectivity index (χ1v) is 6.91. The van der Waals surface area contributed by atoms with Crippen molar-refractivity contribution < 1.29 is 4.39 Å². The Morgan fingerprint density at radius 1 is 1.26 bits per heavy atom. The van der Waals surface area contributed by atoms with Crippen LogP contribution in [0.25, 0.3) is 0 Å². The molecule has 0 aromatic heterocycles. The van der Waals surface area contributed by atoms with E-state index in [0.29, 0.717) is 11.3 Å². The lowest BCUT2D eigenvalue weighted by molar-refractivity contribution is 0.294. The van der Waals surface area contributed by atoms with Gasteiger partial charge in [-0.2, -0.15) is 5.26 Å². The van der Waals surface area contributed by atoms with E-state index >= 15 is 0 Å². The van der Waals surface area contributed by atoms with E-state index in [2.05, 4.69) is 16.7 Å². The molecule has 102 valence electrons. The van der Waals surface area contributed by atoms with Crippen LogP contribution in [-0.2, 0) is 0 Å². The van der Waals surface area contributed by atoms with E-state index in [1.807, 2.05) is 6.07 Å². The summed E-state index contributed by atoms with van der Waals surface area (Å²) in [7, 11) is 0. The molecule has 19 heavy (non-hydrogen) atoms. The van der Waals surface area contributed by atoms with Crippen LogP contribution in [0.5, 0.6) is 0 Å². The van der Waals surface area contributed by atoms with Gasteiger partial charge in [-0.25, -0.2) is 4.39 Å². The monoisotopic (exact) mass is 261 g/mol. The lowest BCUT2D eigenvalue weighted by Crippen LogP contribution is -2.31. The van der Waals surface area contributed by atoms with Crippen molar-refractivity contribution in [2.24, 2.45) is 0 Å². The van der Waals surface area contributed by atoms with Crippen LogP contribution < -0.4 is 4.90 Å². The average molecular weight is 261 g/mol. The van der Waals surface area contributed by atoms with Gasteiger partial charge in [0.05, 0.1) is 17.3 Å². The van der Waals surface area contributed by atoms with Crippen LogP contribution in [-0.4, -0.2) is 37.6 Å². The fraction of sp³-hybridized carbons (Fsp3) is 0.533. The van der Waals surface area contributed by atoms with E-state index in [-0.39, 0.29) is 5.82 Å². The largest absolute Gasteiger partial charge is 0.368 e. The Balaban J connectivity index is 2.08. The molecule has 4 heteroatoms. The molecular formula is C15H20FN3. The Morgan fingerprint density at radius 2 is 2.11 bits per heavy atom. The zero-order valence-corrected chi connectivity index (χ0v) is 11.4. The van der Waals surface area contributed by atoms with Crippen LogP contribution in [0.1, 0.15) is 25.3 Å². The minimum absolute atomic E-state index is 0.289. The number of nitriles is 1. The van der Waals surface area contributed by atoms with E-state index < -0.39 is 0 Å². The smallest absolute Gasteiger partial charge is 0.147 e. The summed E-state index contributed by atoms with van der Waals surface area (Å²) in [5.74, 6) is -0.289. The van der Waals surface area contributed by atoms with Crippen molar-refractivity contribution in [2.75, 3.05) is 37.6 Å². The van der Waals surface area contributed by atoms with Gasteiger partial charge in [0, 0.05) is 19.6 Å². The molecule has 0 unspecified atom stereocenters. The Morgan fingerprint density at radius 3 is 2.79 bits per heavy atom. The molecule has 0 spiro atoms. The quantitative estimate of drug-likeness (QED) is 0.838. The number of nitrogens with zero attached hydrogens (tertiary/aromatic N) is 3. The molecule has 1 aliphatic heterocycles. The van der Waals surface area contributed by atoms with Crippen molar-refractivity contribution in [3.05, 3.63) is 29.6 Å². The SMILES string of the molecule is CCCN1CCCN(c2ccc(C#N)cc2F)CC1. The van der Waals surface area contributed by atoms with Crippen molar-refractivity contribution in [3.8, 4) is 6.07 Å². The number of anilines is 1. The fourth-order valence-electron chi connectivity index (χ4n) is 2.58. The maximum absolute atomic E-state index is 14.0. The van der Waals surface area contributed by atoms with Gasteiger partial charge in [-0.1, -0.05) is 6.92 Å². The molecule has 3 nitrogen and oxygen atoms in total. The van der Waals surface area contributed by atoms with Gasteiger partial charge in [0.25, 0.3) is 0 Å². The maximum atomic E-state index is 14.0. The molecule has 0 atom stereocenters. The molecular weight excluding hydrogens is 241 g/mol. The summed E-state index contributed by atoms with van der Waals surface area (Å²) in [4.78, 5) is 4.52. The standard InChI is InChI=1S/C15H20FN3/c1-2-6-18-7-3-8-19(10-9-18)15-5-4-13(12-17)11-14(15)16/h4-5,11H,2-3,6-10H2,1H3. The summed E-state index contributed by atoms with van der Waals surface area (Å²) in [5.41, 5.74) is 1.00. The zero-order valence-electron chi connectivity index (χ0n) is 11.4. The van der Waals surface area contributed by atoms with Gasteiger partial charge in [-0.15, -0.1) is 0 Å². The maximum Gasteiger partial charge on any atom is 0.147 e. The molecule has 0 radical (unpaired) electrons. The number of rotatable bonds is 3. The first-order chi connectivity index (χ1) is 9.24. The molecule has 1 heterocycles. The average Bonchev–Trinajstić information content (AvgIpc) is 2.65. The van der Waals surface area contributed by atoms with Gasteiger partial charge in [-0.05, 0) is 44.1 Å². The molecule has 0 saturated carbocycles. The van der Waals surface area contributed by atoms with Crippen molar-refractivity contribution in [3.63, 3.8) is 0 Å². The third-order valence-electron chi connectivity index (χ3n) is 3.55. The molecule has 1 aromatic rings. The van der Waals surface area contributed by atoms with E-state index in [4.69, 9.17) is 5.26 Å². The summed E-state index contributed by atoms with van der Waals surface area (Å²) >= 11 is 0. The van der Waals surface area contributed by atoms with Crippen LogP contribution in [0.2, 0.25) is 0 Å². The Kier molecular flexibility index (Phi) is 4.75. The van der Waals surface area contributed by atoms with Crippen molar-refractivity contribution in [1.82, 2.24) is 4.90 Å². The zero-order chi connectivity index (χ0) is 13.7. The van der Waals surface area contributed by atoms with Gasteiger partial charge in [0.2, 0.25) is 0 Å². The normalized spacial score (nSPS) is 17.0. The number of hydrogen-bond acceptors (Lipinski definition) is 3. The van der Waals surface area contributed by atoms with Crippen molar-refractivity contribution >= 4 is 5.69 Å². The lowest BCUT2D eigenvalue weighted by Gasteiger charge is -2.24. The third-order valence-corrected chi connectivity index (χ3v) is 3.55. The second kappa shape index (κ2) is 6.53. The Bertz CT molecular complexity index is 467. The van der Waals surface area contributed by atoms with E-state index in [1.165, 1.54) is 6.07 Å². The summed E-state index contributed by atoms with van der Waals surface area (Å²) in [6.07, 6.45) is 2.21. The van der Waals surface area contributed by atoms with Gasteiger partial charge in [0.1, 0.15) is 5.82 Å².